The summed E-state index contributed by atoms with van der Waals surface area (Å²) in [5.41, 5.74) is 1.37. The van der Waals surface area contributed by atoms with Gasteiger partial charge in [0.1, 0.15) is 0 Å². The van der Waals surface area contributed by atoms with Gasteiger partial charge >= 0.3 is 5.97 Å². The number of hydrogen-bond donors (Lipinski definition) is 1. The summed E-state index contributed by atoms with van der Waals surface area (Å²) in [6, 6.07) is 8.46. The van der Waals surface area contributed by atoms with Crippen LogP contribution >= 0.6 is 0 Å². The Morgan fingerprint density at radius 3 is 2.35 bits per heavy atom. The van der Waals surface area contributed by atoms with Crippen LogP contribution in [0, 0.1) is 24.7 Å². The Morgan fingerprint density at radius 1 is 1.06 bits per heavy atom. The smallest absolute Gasteiger partial charge is 0.336 e. The zero-order chi connectivity index (χ0) is 12.4. The number of rotatable bonds is 1. The molecule has 2 heteroatoms. The van der Waals surface area contributed by atoms with Crippen LogP contribution in [0.4, 0.5) is 0 Å². The van der Waals surface area contributed by atoms with E-state index in [1.54, 1.807) is 24.3 Å². The second kappa shape index (κ2) is 4.04. The van der Waals surface area contributed by atoms with Gasteiger partial charge in [-0.1, -0.05) is 17.9 Å². The topological polar surface area (TPSA) is 37.3 Å². The second-order valence-corrected chi connectivity index (χ2v) is 3.55. The Balaban J connectivity index is 2.89. The SMILES string of the molecule is C#Cc1cc(C(=O)O)c2cc(C#C)ccc2c1. The summed E-state index contributed by atoms with van der Waals surface area (Å²) in [5, 5.41) is 10.5. The number of aromatic carboxylic acids is 1. The Labute approximate surface area is 98.9 Å². The van der Waals surface area contributed by atoms with Crippen LogP contribution in [0.1, 0.15) is 21.5 Å². The van der Waals surface area contributed by atoms with Crippen LogP contribution in [0.25, 0.3) is 10.8 Å². The highest BCUT2D eigenvalue weighted by atomic mass is 16.4. The highest BCUT2D eigenvalue weighted by molar-refractivity contribution is 6.04. The van der Waals surface area contributed by atoms with E-state index in [1.807, 2.05) is 0 Å². The van der Waals surface area contributed by atoms with E-state index < -0.39 is 5.97 Å². The molecule has 80 valence electrons. The molecular weight excluding hydrogens is 212 g/mol. The summed E-state index contributed by atoms with van der Waals surface area (Å²) in [6.07, 6.45) is 10.6. The van der Waals surface area contributed by atoms with Crippen molar-refractivity contribution in [2.45, 2.75) is 0 Å². The Kier molecular flexibility index (Phi) is 2.57. The van der Waals surface area contributed by atoms with E-state index in [0.717, 1.165) is 5.39 Å². The first-order valence-corrected chi connectivity index (χ1v) is 4.90. The lowest BCUT2D eigenvalue weighted by molar-refractivity contribution is 0.0699. The summed E-state index contributed by atoms with van der Waals surface area (Å²) in [5.74, 6) is 3.91. The zero-order valence-corrected chi connectivity index (χ0v) is 8.90. The fourth-order valence-electron chi connectivity index (χ4n) is 1.71. The molecule has 17 heavy (non-hydrogen) atoms. The van der Waals surface area contributed by atoms with Crippen molar-refractivity contribution in [2.75, 3.05) is 0 Å². The quantitative estimate of drug-likeness (QED) is 0.750. The second-order valence-electron chi connectivity index (χ2n) is 3.55. The van der Waals surface area contributed by atoms with Crippen LogP contribution in [0.15, 0.2) is 30.3 Å². The van der Waals surface area contributed by atoms with Crippen molar-refractivity contribution in [1.82, 2.24) is 0 Å². The van der Waals surface area contributed by atoms with Gasteiger partial charge in [-0.15, -0.1) is 12.8 Å². The minimum atomic E-state index is -1.01. The largest absolute Gasteiger partial charge is 0.478 e. The molecule has 0 radical (unpaired) electrons. The lowest BCUT2D eigenvalue weighted by Gasteiger charge is -2.04. The fraction of sp³-hybridized carbons (Fsp3) is 0. The molecule has 0 fully saturated rings. The van der Waals surface area contributed by atoms with Crippen molar-refractivity contribution in [2.24, 2.45) is 0 Å². The first-order valence-electron chi connectivity index (χ1n) is 4.90. The molecule has 0 heterocycles. The van der Waals surface area contributed by atoms with E-state index in [4.69, 9.17) is 18.0 Å². The van der Waals surface area contributed by atoms with Gasteiger partial charge in [-0.25, -0.2) is 4.79 Å². The average molecular weight is 220 g/mol. The average Bonchev–Trinajstić information content (AvgIpc) is 2.36. The lowest BCUT2D eigenvalue weighted by atomic mass is 9.99. The third-order valence-electron chi connectivity index (χ3n) is 2.52. The monoisotopic (exact) mass is 220 g/mol. The number of carboxylic acids is 1. The molecule has 0 saturated carbocycles. The van der Waals surface area contributed by atoms with Gasteiger partial charge in [0.15, 0.2) is 0 Å². The molecule has 0 aliphatic heterocycles. The molecule has 0 saturated heterocycles. The van der Waals surface area contributed by atoms with Gasteiger partial charge in [0, 0.05) is 11.1 Å². The van der Waals surface area contributed by atoms with Crippen molar-refractivity contribution in [3.8, 4) is 24.7 Å². The minimum Gasteiger partial charge on any atom is -0.478 e. The zero-order valence-electron chi connectivity index (χ0n) is 8.90. The molecule has 0 aliphatic rings. The highest BCUT2D eigenvalue weighted by Crippen LogP contribution is 2.22. The summed E-state index contributed by atoms with van der Waals surface area (Å²) in [4.78, 5) is 11.2. The first-order chi connectivity index (χ1) is 8.15. The van der Waals surface area contributed by atoms with Crippen LogP contribution in [0.3, 0.4) is 0 Å². The molecule has 1 N–H and O–H groups in total. The van der Waals surface area contributed by atoms with Crippen LogP contribution in [-0.2, 0) is 0 Å². The molecule has 2 aromatic carbocycles. The van der Waals surface area contributed by atoms with Gasteiger partial charge in [0.05, 0.1) is 5.56 Å². The van der Waals surface area contributed by atoms with E-state index in [9.17, 15) is 4.79 Å². The van der Waals surface area contributed by atoms with E-state index in [-0.39, 0.29) is 5.56 Å². The Hall–Kier alpha value is -2.71. The number of benzene rings is 2. The third-order valence-corrected chi connectivity index (χ3v) is 2.52. The van der Waals surface area contributed by atoms with Crippen molar-refractivity contribution < 1.29 is 9.90 Å². The van der Waals surface area contributed by atoms with E-state index >= 15 is 0 Å². The molecule has 2 rings (SSSR count). The molecule has 0 bridgehead atoms. The summed E-state index contributed by atoms with van der Waals surface area (Å²) >= 11 is 0. The van der Waals surface area contributed by atoms with Gasteiger partial charge in [-0.05, 0) is 35.0 Å². The van der Waals surface area contributed by atoms with E-state index in [2.05, 4.69) is 11.8 Å². The van der Waals surface area contributed by atoms with Crippen LogP contribution < -0.4 is 0 Å². The molecular formula is C15H8O2. The van der Waals surface area contributed by atoms with Gasteiger partial charge in [0.25, 0.3) is 0 Å². The molecule has 2 nitrogen and oxygen atoms in total. The number of carbonyl (C=O) groups is 1. The van der Waals surface area contributed by atoms with E-state index in [1.165, 1.54) is 6.07 Å². The normalized spacial score (nSPS) is 9.53. The van der Waals surface area contributed by atoms with Gasteiger partial charge in [0.2, 0.25) is 0 Å². The lowest BCUT2D eigenvalue weighted by Crippen LogP contribution is -1.98. The van der Waals surface area contributed by atoms with Gasteiger partial charge < -0.3 is 5.11 Å². The summed E-state index contributed by atoms with van der Waals surface area (Å²) in [7, 11) is 0. The summed E-state index contributed by atoms with van der Waals surface area (Å²) < 4.78 is 0. The molecule has 0 aliphatic carbocycles. The van der Waals surface area contributed by atoms with Crippen LogP contribution in [0.5, 0.6) is 0 Å². The summed E-state index contributed by atoms with van der Waals surface area (Å²) in [6.45, 7) is 0. The first kappa shape index (κ1) is 10.8. The van der Waals surface area contributed by atoms with Crippen molar-refractivity contribution in [3.05, 3.63) is 47.0 Å². The van der Waals surface area contributed by atoms with Crippen molar-refractivity contribution in [1.29, 1.82) is 0 Å². The Bertz CT molecular complexity index is 697. The third kappa shape index (κ3) is 1.85. The number of fused-ring (bicyclic) bond motifs is 1. The van der Waals surface area contributed by atoms with Gasteiger partial charge in [-0.2, -0.15) is 0 Å². The van der Waals surface area contributed by atoms with Gasteiger partial charge in [-0.3, -0.25) is 0 Å². The van der Waals surface area contributed by atoms with Crippen LogP contribution in [-0.4, -0.2) is 11.1 Å². The Morgan fingerprint density at radius 2 is 1.76 bits per heavy atom. The fourth-order valence-corrected chi connectivity index (χ4v) is 1.71. The van der Waals surface area contributed by atoms with Crippen molar-refractivity contribution >= 4 is 16.7 Å². The molecule has 0 spiro atoms. The maximum atomic E-state index is 11.2. The molecule has 0 atom stereocenters. The molecule has 0 unspecified atom stereocenters. The van der Waals surface area contributed by atoms with Crippen molar-refractivity contribution in [3.63, 3.8) is 0 Å². The van der Waals surface area contributed by atoms with Crippen LogP contribution in [0.2, 0.25) is 0 Å². The molecule has 2 aromatic rings. The molecule has 0 aromatic heterocycles. The maximum absolute atomic E-state index is 11.2. The number of terminal acetylenes is 2. The maximum Gasteiger partial charge on any atom is 0.336 e. The molecule has 0 amide bonds. The minimum absolute atomic E-state index is 0.174. The predicted molar refractivity (Wildman–Crippen MR) is 66.8 cm³/mol. The number of hydrogen-bond acceptors (Lipinski definition) is 1. The number of carboxylic acid groups (broad SMARTS) is 1. The standard InChI is InChI=1S/C15H8O2/c1-3-10-5-6-12-7-11(4-2)9-14(15(16)17)13(12)8-10/h1-2,5-9H,(H,16,17). The predicted octanol–water partition coefficient (Wildman–Crippen LogP) is 2.50. The highest BCUT2D eigenvalue weighted by Gasteiger charge is 2.10. The van der Waals surface area contributed by atoms with E-state index in [0.29, 0.717) is 16.5 Å².